The van der Waals surface area contributed by atoms with Crippen LogP contribution in [0.2, 0.25) is 0 Å². The lowest BCUT2D eigenvalue weighted by molar-refractivity contribution is -0.385. The Morgan fingerprint density at radius 3 is 2.82 bits per heavy atom. The van der Waals surface area contributed by atoms with E-state index < -0.39 is 4.92 Å². The molecule has 1 aromatic carbocycles. The van der Waals surface area contributed by atoms with E-state index in [9.17, 15) is 10.1 Å². The van der Waals surface area contributed by atoms with Crippen LogP contribution in [0.5, 0.6) is 5.75 Å². The summed E-state index contributed by atoms with van der Waals surface area (Å²) in [5.41, 5.74) is 3.26. The van der Waals surface area contributed by atoms with Gasteiger partial charge in [0.05, 0.1) is 17.2 Å². The fourth-order valence-corrected chi connectivity index (χ4v) is 2.34. The van der Waals surface area contributed by atoms with Gasteiger partial charge in [-0.2, -0.15) is 0 Å². The fraction of sp³-hybridized carbons (Fsp3) is 0.188. The average Bonchev–Trinajstić information content (AvgIpc) is 2.90. The summed E-state index contributed by atoms with van der Waals surface area (Å²) in [5.74, 6) is 0.274. The molecular formula is C16H15N3O3. The summed E-state index contributed by atoms with van der Waals surface area (Å²) in [6, 6.07) is 8.80. The molecule has 0 unspecified atom stereocenters. The van der Waals surface area contributed by atoms with Crippen LogP contribution >= 0.6 is 0 Å². The molecule has 2 aromatic heterocycles. The maximum Gasteiger partial charge on any atom is 0.311 e. The lowest BCUT2D eigenvalue weighted by Crippen LogP contribution is -1.97. The molecule has 2 heterocycles. The minimum absolute atomic E-state index is 0.0485. The van der Waals surface area contributed by atoms with Crippen molar-refractivity contribution in [3.8, 4) is 17.0 Å². The molecule has 0 spiro atoms. The Morgan fingerprint density at radius 1 is 1.27 bits per heavy atom. The number of hydrogen-bond acceptors (Lipinski definition) is 4. The fourth-order valence-electron chi connectivity index (χ4n) is 2.34. The molecule has 22 heavy (non-hydrogen) atoms. The first-order valence-electron chi connectivity index (χ1n) is 6.95. The maximum atomic E-state index is 11.2. The maximum absolute atomic E-state index is 11.2. The third-order valence-corrected chi connectivity index (χ3v) is 3.35. The van der Waals surface area contributed by atoms with Crippen molar-refractivity contribution >= 4 is 11.3 Å². The van der Waals surface area contributed by atoms with Gasteiger partial charge in [-0.25, -0.2) is 4.98 Å². The Labute approximate surface area is 127 Å². The highest BCUT2D eigenvalue weighted by atomic mass is 16.6. The van der Waals surface area contributed by atoms with Crippen molar-refractivity contribution in [1.82, 2.24) is 9.38 Å². The zero-order valence-electron chi connectivity index (χ0n) is 12.3. The summed E-state index contributed by atoms with van der Waals surface area (Å²) >= 11 is 0. The number of rotatable bonds is 4. The van der Waals surface area contributed by atoms with E-state index in [4.69, 9.17) is 4.74 Å². The molecule has 0 amide bonds. The first-order valence-corrected chi connectivity index (χ1v) is 6.95. The van der Waals surface area contributed by atoms with Gasteiger partial charge in [0, 0.05) is 24.0 Å². The summed E-state index contributed by atoms with van der Waals surface area (Å²) in [4.78, 5) is 15.3. The second-order valence-corrected chi connectivity index (χ2v) is 4.97. The molecule has 0 saturated heterocycles. The zero-order valence-corrected chi connectivity index (χ0v) is 12.3. The van der Waals surface area contributed by atoms with Crippen molar-refractivity contribution in [2.24, 2.45) is 0 Å². The summed E-state index contributed by atoms with van der Waals surface area (Å²) in [5, 5.41) is 11.2. The van der Waals surface area contributed by atoms with Gasteiger partial charge in [0.15, 0.2) is 5.75 Å². The molecule has 0 N–H and O–H groups in total. The van der Waals surface area contributed by atoms with E-state index in [0.717, 1.165) is 11.2 Å². The highest BCUT2D eigenvalue weighted by molar-refractivity contribution is 5.68. The Bertz CT molecular complexity index is 855. The molecule has 112 valence electrons. The van der Waals surface area contributed by atoms with E-state index in [0.29, 0.717) is 17.9 Å². The van der Waals surface area contributed by atoms with Gasteiger partial charge in [-0.15, -0.1) is 0 Å². The molecule has 0 aliphatic heterocycles. The van der Waals surface area contributed by atoms with Crippen molar-refractivity contribution in [1.29, 1.82) is 0 Å². The molecule has 0 aliphatic rings. The Balaban J connectivity index is 2.09. The summed E-state index contributed by atoms with van der Waals surface area (Å²) in [6.07, 6.45) is 3.83. The summed E-state index contributed by atoms with van der Waals surface area (Å²) in [6.45, 7) is 4.18. The van der Waals surface area contributed by atoms with E-state index in [1.165, 1.54) is 6.07 Å². The molecule has 0 saturated carbocycles. The van der Waals surface area contributed by atoms with E-state index in [-0.39, 0.29) is 11.4 Å². The van der Waals surface area contributed by atoms with E-state index in [1.54, 1.807) is 19.1 Å². The van der Waals surface area contributed by atoms with Gasteiger partial charge in [-0.05, 0) is 37.6 Å². The smallest absolute Gasteiger partial charge is 0.311 e. The number of aromatic nitrogens is 2. The molecule has 0 fully saturated rings. The van der Waals surface area contributed by atoms with Crippen LogP contribution in [0.25, 0.3) is 16.9 Å². The van der Waals surface area contributed by atoms with Crippen LogP contribution in [0.3, 0.4) is 0 Å². The minimum atomic E-state index is -0.436. The first kappa shape index (κ1) is 14.1. The van der Waals surface area contributed by atoms with Gasteiger partial charge in [0.25, 0.3) is 0 Å². The molecule has 6 nitrogen and oxygen atoms in total. The Hall–Kier alpha value is -2.89. The van der Waals surface area contributed by atoms with Gasteiger partial charge in [-0.1, -0.05) is 6.07 Å². The Morgan fingerprint density at radius 2 is 2.09 bits per heavy atom. The second-order valence-electron chi connectivity index (χ2n) is 4.97. The van der Waals surface area contributed by atoms with Crippen molar-refractivity contribution in [2.45, 2.75) is 13.8 Å². The number of fused-ring (bicyclic) bond motifs is 1. The number of imidazole rings is 1. The van der Waals surface area contributed by atoms with Crippen molar-refractivity contribution < 1.29 is 9.66 Å². The quantitative estimate of drug-likeness (QED) is 0.545. The van der Waals surface area contributed by atoms with Crippen LogP contribution in [0.15, 0.2) is 42.7 Å². The van der Waals surface area contributed by atoms with Gasteiger partial charge in [-0.3, -0.25) is 10.1 Å². The van der Waals surface area contributed by atoms with E-state index in [1.807, 2.05) is 35.9 Å². The lowest BCUT2D eigenvalue weighted by atomic mass is 10.1. The zero-order chi connectivity index (χ0) is 15.7. The van der Waals surface area contributed by atoms with Crippen LogP contribution in [0, 0.1) is 17.0 Å². The number of nitro benzene ring substituents is 1. The van der Waals surface area contributed by atoms with Crippen molar-refractivity contribution in [3.63, 3.8) is 0 Å². The first-order chi connectivity index (χ1) is 10.6. The molecular weight excluding hydrogens is 282 g/mol. The van der Waals surface area contributed by atoms with Crippen molar-refractivity contribution in [2.75, 3.05) is 6.61 Å². The third kappa shape index (κ3) is 2.50. The van der Waals surface area contributed by atoms with Crippen LogP contribution in [-0.2, 0) is 0 Å². The number of ether oxygens (including phenoxy) is 1. The van der Waals surface area contributed by atoms with Crippen LogP contribution in [-0.4, -0.2) is 20.9 Å². The van der Waals surface area contributed by atoms with Gasteiger partial charge in [0.2, 0.25) is 0 Å². The normalized spacial score (nSPS) is 10.8. The molecule has 6 heteroatoms. The SMILES string of the molecule is CCOc1ccc(-c2cn3cc(C)ccc3n2)cc1[N+](=O)[O-]. The number of hydrogen-bond donors (Lipinski definition) is 0. The largest absolute Gasteiger partial charge is 0.487 e. The van der Waals surface area contributed by atoms with Gasteiger partial charge >= 0.3 is 5.69 Å². The van der Waals surface area contributed by atoms with Crippen LogP contribution in [0.1, 0.15) is 12.5 Å². The van der Waals surface area contributed by atoms with Crippen LogP contribution < -0.4 is 4.74 Å². The van der Waals surface area contributed by atoms with E-state index in [2.05, 4.69) is 4.98 Å². The average molecular weight is 297 g/mol. The predicted molar refractivity (Wildman–Crippen MR) is 83.2 cm³/mol. The highest BCUT2D eigenvalue weighted by Crippen LogP contribution is 2.32. The lowest BCUT2D eigenvalue weighted by Gasteiger charge is -2.05. The number of nitrogens with zero attached hydrogens (tertiary/aromatic N) is 3. The molecule has 3 aromatic rings. The number of pyridine rings is 1. The summed E-state index contributed by atoms with van der Waals surface area (Å²) in [7, 11) is 0. The van der Waals surface area contributed by atoms with Crippen LogP contribution in [0.4, 0.5) is 5.69 Å². The minimum Gasteiger partial charge on any atom is -0.487 e. The second kappa shape index (κ2) is 5.48. The standard InChI is InChI=1S/C16H15N3O3/c1-3-22-15-6-5-12(8-14(15)19(20)21)13-10-18-9-11(2)4-7-16(18)17-13/h4-10H,3H2,1-2H3. The molecule has 0 aliphatic carbocycles. The van der Waals surface area contributed by atoms with E-state index >= 15 is 0 Å². The topological polar surface area (TPSA) is 69.7 Å². The third-order valence-electron chi connectivity index (χ3n) is 3.35. The molecule has 0 radical (unpaired) electrons. The highest BCUT2D eigenvalue weighted by Gasteiger charge is 2.17. The number of nitro groups is 1. The monoisotopic (exact) mass is 297 g/mol. The molecule has 0 bridgehead atoms. The predicted octanol–water partition coefficient (Wildman–Crippen LogP) is 3.62. The van der Waals surface area contributed by atoms with Crippen molar-refractivity contribution in [3.05, 3.63) is 58.4 Å². The number of aryl methyl sites for hydroxylation is 1. The molecule has 0 atom stereocenters. The van der Waals surface area contributed by atoms with Gasteiger partial charge < -0.3 is 9.14 Å². The summed E-state index contributed by atoms with van der Waals surface area (Å²) < 4.78 is 7.21. The molecule has 3 rings (SSSR count). The Kier molecular flexibility index (Phi) is 3.50. The number of benzene rings is 1. The van der Waals surface area contributed by atoms with Gasteiger partial charge in [0.1, 0.15) is 5.65 Å².